The van der Waals surface area contributed by atoms with E-state index in [1.165, 1.54) is 6.07 Å². The average molecular weight is 759 g/mol. The lowest BCUT2D eigenvalue weighted by Crippen LogP contribution is -2.29. The Morgan fingerprint density at radius 3 is 2.15 bits per heavy atom. The largest absolute Gasteiger partial charge is 0.383 e. The molecule has 0 atom stereocenters. The van der Waals surface area contributed by atoms with Gasteiger partial charge in [-0.05, 0) is 56.2 Å². The van der Waals surface area contributed by atoms with Crippen molar-refractivity contribution in [1.29, 1.82) is 0 Å². The number of nitrogens with zero attached hydrogens (tertiary/aromatic N) is 4. The molecular formula is C39H43FN6O7S. The monoisotopic (exact) mass is 758 g/mol. The van der Waals surface area contributed by atoms with Gasteiger partial charge in [-0.1, -0.05) is 42.0 Å². The van der Waals surface area contributed by atoms with Crippen LogP contribution in [0.15, 0.2) is 78.1 Å². The zero-order valence-corrected chi connectivity index (χ0v) is 30.9. The maximum absolute atomic E-state index is 16.3. The number of nitrogen functional groups attached to an aromatic ring is 1. The fourth-order valence-electron chi connectivity index (χ4n) is 6.86. The van der Waals surface area contributed by atoms with Crippen LogP contribution in [0.4, 0.5) is 10.2 Å². The van der Waals surface area contributed by atoms with E-state index in [2.05, 4.69) is 10.1 Å². The number of pyridine rings is 2. The predicted octanol–water partition coefficient (Wildman–Crippen LogP) is 5.52. The number of carbonyl (C=O) groups excluding carboxylic acids is 1. The van der Waals surface area contributed by atoms with Crippen molar-refractivity contribution in [3.05, 3.63) is 100 Å². The highest BCUT2D eigenvalue weighted by Crippen LogP contribution is 2.35. The van der Waals surface area contributed by atoms with E-state index in [1.807, 2.05) is 46.6 Å². The van der Waals surface area contributed by atoms with Crippen molar-refractivity contribution in [1.82, 2.24) is 19.3 Å². The highest BCUT2D eigenvalue weighted by Gasteiger charge is 2.26. The number of aromatic nitrogens is 4. The third kappa shape index (κ3) is 9.10. The number of rotatable bonds is 8. The second kappa shape index (κ2) is 16.4. The SMILES string of the molecule is CS(=O)(=O)O.Cc1ccc(-c2cn(CC3CCOCC3)c(-c3ccc(-c4cc(-c5cnn(C6CCOCC6)c5)cnc4N)c(F)c3)c(C(N)=O)c2=O)cc1. The molecule has 15 heteroatoms. The third-order valence-electron chi connectivity index (χ3n) is 9.64. The van der Waals surface area contributed by atoms with E-state index in [9.17, 15) is 18.0 Å². The fourth-order valence-corrected chi connectivity index (χ4v) is 6.86. The van der Waals surface area contributed by atoms with Gasteiger partial charge in [0.05, 0.1) is 24.2 Å². The molecule has 1 amide bonds. The number of aryl methyl sites for hydroxylation is 1. The van der Waals surface area contributed by atoms with Gasteiger partial charge < -0.3 is 25.5 Å². The summed E-state index contributed by atoms with van der Waals surface area (Å²) in [4.78, 5) is 31.4. The number of carbonyl (C=O) groups is 1. The molecule has 13 nitrogen and oxygen atoms in total. The lowest BCUT2D eigenvalue weighted by molar-refractivity contribution is 0.0613. The molecular weight excluding hydrogens is 716 g/mol. The molecule has 2 aliphatic rings. The summed E-state index contributed by atoms with van der Waals surface area (Å²) >= 11 is 0. The van der Waals surface area contributed by atoms with Crippen molar-refractivity contribution in [3.63, 3.8) is 0 Å². The molecule has 0 aliphatic carbocycles. The van der Waals surface area contributed by atoms with Crippen LogP contribution in [0.2, 0.25) is 0 Å². The van der Waals surface area contributed by atoms with Crippen LogP contribution in [0, 0.1) is 18.7 Å². The first-order chi connectivity index (χ1) is 25.8. The second-order valence-corrected chi connectivity index (χ2v) is 15.1. The highest BCUT2D eigenvalue weighted by atomic mass is 32.2. The number of hydrogen-bond acceptors (Lipinski definition) is 9. The van der Waals surface area contributed by atoms with Gasteiger partial charge >= 0.3 is 0 Å². The maximum atomic E-state index is 16.3. The van der Waals surface area contributed by atoms with Gasteiger partial charge in [-0.2, -0.15) is 13.5 Å². The van der Waals surface area contributed by atoms with Gasteiger partial charge in [-0.15, -0.1) is 0 Å². The Morgan fingerprint density at radius 2 is 1.52 bits per heavy atom. The molecule has 0 spiro atoms. The van der Waals surface area contributed by atoms with Crippen molar-refractivity contribution >= 4 is 21.8 Å². The molecule has 7 rings (SSSR count). The molecule has 2 aliphatic heterocycles. The quantitative estimate of drug-likeness (QED) is 0.170. The highest BCUT2D eigenvalue weighted by molar-refractivity contribution is 7.85. The number of halogens is 1. The van der Waals surface area contributed by atoms with Crippen LogP contribution < -0.4 is 16.9 Å². The van der Waals surface area contributed by atoms with Crippen LogP contribution in [0.1, 0.15) is 47.6 Å². The number of primary amides is 1. The van der Waals surface area contributed by atoms with Gasteiger partial charge in [0.25, 0.3) is 16.0 Å². The van der Waals surface area contributed by atoms with Crippen LogP contribution in [0.5, 0.6) is 0 Å². The Hall–Kier alpha value is -5.22. The first kappa shape index (κ1) is 38.5. The summed E-state index contributed by atoms with van der Waals surface area (Å²) in [6, 6.07) is 14.2. The Bertz CT molecular complexity index is 2310. The van der Waals surface area contributed by atoms with E-state index in [4.69, 9.17) is 25.5 Å². The van der Waals surface area contributed by atoms with Crippen molar-refractivity contribution in [3.8, 4) is 44.6 Å². The summed E-state index contributed by atoms with van der Waals surface area (Å²) < 4.78 is 57.0. The lowest BCUT2D eigenvalue weighted by atomic mass is 9.94. The summed E-state index contributed by atoms with van der Waals surface area (Å²) in [5.41, 5.74) is 16.5. The molecule has 2 fully saturated rings. The molecule has 3 aromatic heterocycles. The molecule has 0 saturated carbocycles. The van der Waals surface area contributed by atoms with Crippen molar-refractivity contribution < 1.29 is 31.6 Å². The molecule has 5 aromatic rings. The fraction of sp³-hybridized carbons (Fsp3) is 0.333. The summed E-state index contributed by atoms with van der Waals surface area (Å²) in [5, 5.41) is 4.57. The number of benzene rings is 2. The predicted molar refractivity (Wildman–Crippen MR) is 204 cm³/mol. The Kier molecular flexibility index (Phi) is 11.7. The van der Waals surface area contributed by atoms with Crippen LogP contribution in [-0.4, -0.2) is 70.9 Å². The van der Waals surface area contributed by atoms with Gasteiger partial charge in [-0.3, -0.25) is 18.8 Å². The number of hydrogen-bond donors (Lipinski definition) is 3. The van der Waals surface area contributed by atoms with E-state index in [0.717, 1.165) is 42.4 Å². The Labute approximate surface area is 312 Å². The zero-order valence-electron chi connectivity index (χ0n) is 30.1. The molecule has 0 unspecified atom stereocenters. The average Bonchev–Trinajstić information content (AvgIpc) is 3.63. The van der Waals surface area contributed by atoms with Crippen molar-refractivity contribution in [2.24, 2.45) is 11.7 Å². The van der Waals surface area contributed by atoms with E-state index in [0.29, 0.717) is 61.5 Å². The molecule has 2 saturated heterocycles. The minimum atomic E-state index is -3.67. The molecule has 5 N–H and O–H groups in total. The smallest absolute Gasteiger partial charge is 0.261 e. The topological polar surface area (TPSA) is 195 Å². The van der Waals surface area contributed by atoms with E-state index in [-0.39, 0.29) is 34.6 Å². The number of amides is 1. The van der Waals surface area contributed by atoms with E-state index < -0.39 is 27.3 Å². The molecule has 2 aromatic carbocycles. The van der Waals surface area contributed by atoms with E-state index in [1.54, 1.807) is 36.8 Å². The van der Waals surface area contributed by atoms with E-state index >= 15 is 4.39 Å². The zero-order chi connectivity index (χ0) is 38.6. The summed E-state index contributed by atoms with van der Waals surface area (Å²) in [7, 11) is -3.67. The molecule has 0 bridgehead atoms. The minimum absolute atomic E-state index is 0.170. The second-order valence-electron chi connectivity index (χ2n) is 13.7. The molecule has 5 heterocycles. The number of nitrogens with two attached hydrogens (primary N) is 2. The van der Waals surface area contributed by atoms with Gasteiger partial charge in [0.1, 0.15) is 17.2 Å². The summed E-state index contributed by atoms with van der Waals surface area (Å²) in [5.74, 6) is -1.05. The Balaban J connectivity index is 0.000000934. The first-order valence-corrected chi connectivity index (χ1v) is 19.4. The minimum Gasteiger partial charge on any atom is -0.383 e. The number of anilines is 1. The molecule has 54 heavy (non-hydrogen) atoms. The normalized spacial score (nSPS) is 15.4. The summed E-state index contributed by atoms with van der Waals surface area (Å²) in [6.45, 7) is 5.12. The van der Waals surface area contributed by atoms with Crippen LogP contribution in [0.3, 0.4) is 0 Å². The maximum Gasteiger partial charge on any atom is 0.261 e. The lowest BCUT2D eigenvalue weighted by Gasteiger charge is -2.26. The van der Waals surface area contributed by atoms with Crippen molar-refractivity contribution in [2.45, 2.75) is 45.2 Å². The van der Waals surface area contributed by atoms with Gasteiger partial charge in [-0.25, -0.2) is 9.37 Å². The number of ether oxygens (including phenoxy) is 2. The molecule has 284 valence electrons. The van der Waals surface area contributed by atoms with Gasteiger partial charge in [0.2, 0.25) is 5.43 Å². The standard InChI is InChI=1S/C38H39FN6O4.CH4O3S/c1-23-2-4-25(5-3-23)32-22-44(20-24-8-12-48-13-9-24)35(34(36(32)46)38(41)47)26-6-7-30(33(39)17-26)31-16-27(18-42-37(31)40)28-19-43-45(21-28)29-10-14-49-15-11-29;1-5(2,3)4/h2-7,16-19,21-22,24,29H,8-15,20H2,1H3,(H2,40,42)(H2,41,47);1H3,(H,2,3,4). The Morgan fingerprint density at radius 1 is 0.889 bits per heavy atom. The van der Waals surface area contributed by atoms with Gasteiger partial charge in [0.15, 0.2) is 0 Å². The third-order valence-corrected chi connectivity index (χ3v) is 9.64. The van der Waals surface area contributed by atoms with Crippen LogP contribution in [0.25, 0.3) is 44.6 Å². The van der Waals surface area contributed by atoms with Crippen LogP contribution >= 0.6 is 0 Å². The van der Waals surface area contributed by atoms with Gasteiger partial charge in [0, 0.05) is 84.9 Å². The van der Waals surface area contributed by atoms with Crippen LogP contribution in [-0.2, 0) is 26.1 Å². The first-order valence-electron chi connectivity index (χ1n) is 17.6. The van der Waals surface area contributed by atoms with Crippen molar-refractivity contribution in [2.75, 3.05) is 38.4 Å². The summed E-state index contributed by atoms with van der Waals surface area (Å²) in [6.07, 6.45) is 11.3. The molecule has 0 radical (unpaired) electrons.